The van der Waals surface area contributed by atoms with Gasteiger partial charge in [-0.2, -0.15) is 0 Å². The Morgan fingerprint density at radius 1 is 1.31 bits per heavy atom. The number of nitrogens with zero attached hydrogens (tertiary/aromatic N) is 1. The molecule has 2 N–H and O–H groups in total. The molecule has 0 bridgehead atoms. The lowest BCUT2D eigenvalue weighted by atomic mass is 10.3. The molecule has 0 radical (unpaired) electrons. The van der Waals surface area contributed by atoms with Gasteiger partial charge in [0.05, 0.1) is 10.6 Å². The smallest absolute Gasteiger partial charge is 0.230 e. The fourth-order valence-electron chi connectivity index (χ4n) is 1.51. The summed E-state index contributed by atoms with van der Waals surface area (Å²) in [7, 11) is 0. The molecule has 1 aromatic carbocycles. The summed E-state index contributed by atoms with van der Waals surface area (Å²) in [4.78, 5) is 4.36. The molecule has 80 valence electrons. The van der Waals surface area contributed by atoms with Gasteiger partial charge in [0, 0.05) is 11.1 Å². The average Bonchev–Trinajstić information content (AvgIpc) is 2.82. The van der Waals surface area contributed by atoms with E-state index >= 15 is 0 Å². The van der Waals surface area contributed by atoms with E-state index in [-0.39, 0.29) is 0 Å². The lowest BCUT2D eigenvalue weighted by Crippen LogP contribution is -1.82. The average molecular weight is 251 g/mol. The Morgan fingerprint density at radius 2 is 2.19 bits per heavy atom. The monoisotopic (exact) mass is 250 g/mol. The van der Waals surface area contributed by atoms with E-state index in [1.54, 1.807) is 12.1 Å². The summed E-state index contributed by atoms with van der Waals surface area (Å²) in [6.45, 7) is 0. The van der Waals surface area contributed by atoms with Gasteiger partial charge >= 0.3 is 0 Å². The van der Waals surface area contributed by atoms with Crippen molar-refractivity contribution in [2.75, 3.05) is 5.73 Å². The van der Waals surface area contributed by atoms with Gasteiger partial charge in [-0.25, -0.2) is 4.98 Å². The molecule has 0 spiro atoms. The molecule has 3 rings (SSSR count). The van der Waals surface area contributed by atoms with Crippen LogP contribution in [0.25, 0.3) is 22.6 Å². The van der Waals surface area contributed by atoms with Crippen LogP contribution in [0, 0.1) is 0 Å². The van der Waals surface area contributed by atoms with Gasteiger partial charge < -0.3 is 10.2 Å². The summed E-state index contributed by atoms with van der Waals surface area (Å²) in [5.74, 6) is 0.538. The number of benzene rings is 1. The van der Waals surface area contributed by atoms with E-state index in [2.05, 4.69) is 4.98 Å². The number of anilines is 1. The number of nitrogen functional groups attached to an aromatic ring is 1. The zero-order chi connectivity index (χ0) is 11.1. The van der Waals surface area contributed by atoms with E-state index in [1.165, 1.54) is 11.3 Å². The third-order valence-electron chi connectivity index (χ3n) is 2.28. The number of thiophene rings is 1. The first-order valence-corrected chi connectivity index (χ1v) is 5.89. The highest BCUT2D eigenvalue weighted by Gasteiger charge is 2.11. The van der Waals surface area contributed by atoms with Gasteiger partial charge in [-0.3, -0.25) is 0 Å². The SMILES string of the molecule is Nc1sccc1-c1nc2ccc(Cl)cc2o1. The maximum Gasteiger partial charge on any atom is 0.230 e. The molecule has 2 heterocycles. The minimum Gasteiger partial charge on any atom is -0.436 e. The number of hydrogen-bond donors (Lipinski definition) is 1. The van der Waals surface area contributed by atoms with Crippen LogP contribution in [-0.4, -0.2) is 4.98 Å². The number of hydrogen-bond acceptors (Lipinski definition) is 4. The first-order chi connectivity index (χ1) is 7.74. The fraction of sp³-hybridized carbons (Fsp3) is 0. The Hall–Kier alpha value is -1.52. The summed E-state index contributed by atoms with van der Waals surface area (Å²) in [6, 6.07) is 7.25. The van der Waals surface area contributed by atoms with Crippen molar-refractivity contribution in [1.29, 1.82) is 0 Å². The van der Waals surface area contributed by atoms with Crippen LogP contribution in [0.5, 0.6) is 0 Å². The van der Waals surface area contributed by atoms with E-state index in [0.717, 1.165) is 11.1 Å². The predicted octanol–water partition coefficient (Wildman–Crippen LogP) is 3.79. The molecular formula is C11H7ClN2OS. The van der Waals surface area contributed by atoms with Gasteiger partial charge in [0.15, 0.2) is 5.58 Å². The number of fused-ring (bicyclic) bond motifs is 1. The molecule has 0 saturated carbocycles. The number of halogens is 1. The van der Waals surface area contributed by atoms with Crippen molar-refractivity contribution in [1.82, 2.24) is 4.98 Å². The number of nitrogens with two attached hydrogens (primary N) is 1. The first kappa shape index (κ1) is 9.69. The van der Waals surface area contributed by atoms with Crippen molar-refractivity contribution < 1.29 is 4.42 Å². The predicted molar refractivity (Wildman–Crippen MR) is 66.7 cm³/mol. The number of oxazole rings is 1. The molecule has 0 unspecified atom stereocenters. The molecule has 0 atom stereocenters. The second kappa shape index (κ2) is 3.50. The topological polar surface area (TPSA) is 52.0 Å². The fourth-order valence-corrected chi connectivity index (χ4v) is 2.31. The van der Waals surface area contributed by atoms with Gasteiger partial charge in [0.1, 0.15) is 5.52 Å². The van der Waals surface area contributed by atoms with Crippen molar-refractivity contribution in [3.05, 3.63) is 34.7 Å². The molecule has 5 heteroatoms. The van der Waals surface area contributed by atoms with E-state index in [0.29, 0.717) is 21.5 Å². The Kier molecular flexibility index (Phi) is 2.12. The van der Waals surface area contributed by atoms with Gasteiger partial charge in [-0.05, 0) is 23.6 Å². The summed E-state index contributed by atoms with van der Waals surface area (Å²) in [5.41, 5.74) is 8.10. The summed E-state index contributed by atoms with van der Waals surface area (Å²) < 4.78 is 5.61. The number of aromatic nitrogens is 1. The molecule has 16 heavy (non-hydrogen) atoms. The van der Waals surface area contributed by atoms with Crippen LogP contribution in [-0.2, 0) is 0 Å². The zero-order valence-electron chi connectivity index (χ0n) is 8.11. The Balaban J connectivity index is 2.23. The van der Waals surface area contributed by atoms with Gasteiger partial charge in [0.2, 0.25) is 5.89 Å². The van der Waals surface area contributed by atoms with Gasteiger partial charge in [-0.15, -0.1) is 11.3 Å². The Labute approximate surface area is 100 Å². The third-order valence-corrected chi connectivity index (χ3v) is 3.26. The first-order valence-electron chi connectivity index (χ1n) is 4.63. The van der Waals surface area contributed by atoms with E-state index in [4.69, 9.17) is 21.8 Å². The minimum absolute atomic E-state index is 0.538. The minimum atomic E-state index is 0.538. The van der Waals surface area contributed by atoms with Crippen molar-refractivity contribution in [3.63, 3.8) is 0 Å². The van der Waals surface area contributed by atoms with Crippen molar-refractivity contribution in [3.8, 4) is 11.5 Å². The highest BCUT2D eigenvalue weighted by molar-refractivity contribution is 7.14. The summed E-state index contributed by atoms with van der Waals surface area (Å²) in [5, 5.41) is 3.25. The maximum atomic E-state index is 5.87. The van der Waals surface area contributed by atoms with Crippen LogP contribution in [0.15, 0.2) is 34.1 Å². The van der Waals surface area contributed by atoms with Crippen molar-refractivity contribution in [2.24, 2.45) is 0 Å². The molecule has 3 nitrogen and oxygen atoms in total. The highest BCUT2D eigenvalue weighted by atomic mass is 35.5. The normalized spacial score (nSPS) is 11.1. The Bertz CT molecular complexity index is 659. The lowest BCUT2D eigenvalue weighted by molar-refractivity contribution is 0.620. The van der Waals surface area contributed by atoms with E-state index in [1.807, 2.05) is 17.5 Å². The van der Waals surface area contributed by atoms with E-state index in [9.17, 15) is 0 Å². The highest BCUT2D eigenvalue weighted by Crippen LogP contribution is 2.32. The van der Waals surface area contributed by atoms with Crippen LogP contribution < -0.4 is 5.73 Å². The van der Waals surface area contributed by atoms with Crippen molar-refractivity contribution >= 4 is 39.0 Å². The molecule has 0 amide bonds. The van der Waals surface area contributed by atoms with Crippen LogP contribution in [0.3, 0.4) is 0 Å². The zero-order valence-corrected chi connectivity index (χ0v) is 9.68. The molecule has 2 aromatic heterocycles. The lowest BCUT2D eigenvalue weighted by Gasteiger charge is -1.90. The summed E-state index contributed by atoms with van der Waals surface area (Å²) >= 11 is 7.34. The second-order valence-electron chi connectivity index (χ2n) is 3.33. The standard InChI is InChI=1S/C11H7ClN2OS/c12-6-1-2-8-9(5-6)15-11(14-8)7-3-4-16-10(7)13/h1-5H,13H2. The molecular weight excluding hydrogens is 244 g/mol. The molecule has 0 aliphatic carbocycles. The van der Waals surface area contributed by atoms with Gasteiger partial charge in [0.25, 0.3) is 0 Å². The molecule has 0 aliphatic heterocycles. The largest absolute Gasteiger partial charge is 0.436 e. The second-order valence-corrected chi connectivity index (χ2v) is 4.71. The molecule has 0 aliphatic rings. The third kappa shape index (κ3) is 1.47. The molecule has 0 saturated heterocycles. The molecule has 3 aromatic rings. The van der Waals surface area contributed by atoms with Crippen LogP contribution in [0.1, 0.15) is 0 Å². The maximum absolute atomic E-state index is 5.87. The van der Waals surface area contributed by atoms with Crippen LogP contribution in [0.2, 0.25) is 5.02 Å². The van der Waals surface area contributed by atoms with Crippen molar-refractivity contribution in [2.45, 2.75) is 0 Å². The molecule has 0 fully saturated rings. The van der Waals surface area contributed by atoms with Crippen LogP contribution >= 0.6 is 22.9 Å². The van der Waals surface area contributed by atoms with Gasteiger partial charge in [-0.1, -0.05) is 11.6 Å². The number of rotatable bonds is 1. The Morgan fingerprint density at radius 3 is 2.94 bits per heavy atom. The van der Waals surface area contributed by atoms with E-state index < -0.39 is 0 Å². The summed E-state index contributed by atoms with van der Waals surface area (Å²) in [6.07, 6.45) is 0. The van der Waals surface area contributed by atoms with Crippen LogP contribution in [0.4, 0.5) is 5.00 Å². The quantitative estimate of drug-likeness (QED) is 0.715.